The predicted octanol–water partition coefficient (Wildman–Crippen LogP) is 3.51. The number of aryl methyl sites for hydroxylation is 2. The van der Waals surface area contributed by atoms with E-state index in [1.807, 2.05) is 6.92 Å². The zero-order valence-electron chi connectivity index (χ0n) is 11.3. The van der Waals surface area contributed by atoms with Crippen molar-refractivity contribution < 1.29 is 9.84 Å². The molecule has 3 nitrogen and oxygen atoms in total. The molecule has 0 fully saturated rings. The fourth-order valence-corrected chi connectivity index (χ4v) is 2.09. The van der Waals surface area contributed by atoms with Crippen molar-refractivity contribution in [3.8, 4) is 17.2 Å². The van der Waals surface area contributed by atoms with Gasteiger partial charge in [-0.3, -0.25) is 0 Å². The number of ether oxygens (including phenoxy) is 1. The smallest absolute Gasteiger partial charge is 0.133 e. The molecule has 0 aliphatic carbocycles. The molecule has 3 N–H and O–H groups in total. The van der Waals surface area contributed by atoms with Gasteiger partial charge in [-0.05, 0) is 54.3 Å². The van der Waals surface area contributed by atoms with E-state index in [0.717, 1.165) is 34.6 Å². The summed E-state index contributed by atoms with van der Waals surface area (Å²) in [6.45, 7) is 4.65. The van der Waals surface area contributed by atoms with Crippen LogP contribution in [-0.2, 0) is 13.0 Å². The second kappa shape index (κ2) is 5.76. The molecule has 3 heteroatoms. The van der Waals surface area contributed by atoms with Crippen molar-refractivity contribution in [3.05, 3.63) is 53.1 Å². The van der Waals surface area contributed by atoms with E-state index in [1.54, 1.807) is 24.3 Å². The fourth-order valence-electron chi connectivity index (χ4n) is 2.09. The van der Waals surface area contributed by atoms with Crippen LogP contribution in [0.5, 0.6) is 17.2 Å². The standard InChI is InChI=1S/C16H19NO2/c1-3-13-9-12(10-17)8-11(2)16(13)19-15-6-4-14(18)5-7-15/h4-9,18H,3,10,17H2,1-2H3. The van der Waals surface area contributed by atoms with Crippen molar-refractivity contribution in [1.82, 2.24) is 0 Å². The van der Waals surface area contributed by atoms with Gasteiger partial charge in [0.1, 0.15) is 17.2 Å². The lowest BCUT2D eigenvalue weighted by Crippen LogP contribution is -2.01. The normalized spacial score (nSPS) is 10.5. The molecule has 0 atom stereocenters. The van der Waals surface area contributed by atoms with E-state index in [0.29, 0.717) is 6.54 Å². The fraction of sp³-hybridized carbons (Fsp3) is 0.250. The van der Waals surface area contributed by atoms with Crippen LogP contribution in [0.25, 0.3) is 0 Å². The van der Waals surface area contributed by atoms with Gasteiger partial charge < -0.3 is 15.6 Å². The maximum atomic E-state index is 9.28. The molecule has 2 rings (SSSR count). The van der Waals surface area contributed by atoms with Crippen LogP contribution in [0.15, 0.2) is 36.4 Å². The van der Waals surface area contributed by atoms with Crippen LogP contribution in [-0.4, -0.2) is 5.11 Å². The van der Waals surface area contributed by atoms with Crippen LogP contribution >= 0.6 is 0 Å². The summed E-state index contributed by atoms with van der Waals surface area (Å²) in [5.41, 5.74) is 9.03. The van der Waals surface area contributed by atoms with Crippen molar-refractivity contribution in [3.63, 3.8) is 0 Å². The summed E-state index contributed by atoms with van der Waals surface area (Å²) in [5, 5.41) is 9.28. The molecule has 0 spiro atoms. The van der Waals surface area contributed by atoms with Gasteiger partial charge in [0.25, 0.3) is 0 Å². The predicted molar refractivity (Wildman–Crippen MR) is 76.6 cm³/mol. The minimum Gasteiger partial charge on any atom is -0.508 e. The molecule has 2 aromatic rings. The minimum atomic E-state index is 0.235. The molecular formula is C16H19NO2. The first kappa shape index (κ1) is 13.4. The van der Waals surface area contributed by atoms with Crippen molar-refractivity contribution in [2.45, 2.75) is 26.8 Å². The van der Waals surface area contributed by atoms with Gasteiger partial charge in [0, 0.05) is 6.54 Å². The number of rotatable bonds is 4. The Morgan fingerprint density at radius 3 is 2.42 bits per heavy atom. The highest BCUT2D eigenvalue weighted by atomic mass is 16.5. The molecule has 0 aliphatic heterocycles. The Balaban J connectivity index is 2.36. The number of phenols is 1. The molecule has 0 bridgehead atoms. The third kappa shape index (κ3) is 3.06. The summed E-state index contributed by atoms with van der Waals surface area (Å²) < 4.78 is 5.93. The summed E-state index contributed by atoms with van der Waals surface area (Å²) in [7, 11) is 0. The molecule has 0 amide bonds. The number of benzene rings is 2. The SMILES string of the molecule is CCc1cc(CN)cc(C)c1Oc1ccc(O)cc1. The third-order valence-corrected chi connectivity index (χ3v) is 3.08. The first-order valence-corrected chi connectivity index (χ1v) is 6.43. The molecule has 0 radical (unpaired) electrons. The van der Waals surface area contributed by atoms with E-state index in [2.05, 4.69) is 19.1 Å². The van der Waals surface area contributed by atoms with Crippen molar-refractivity contribution in [2.75, 3.05) is 0 Å². The highest BCUT2D eigenvalue weighted by molar-refractivity contribution is 5.47. The second-order valence-electron chi connectivity index (χ2n) is 4.55. The Morgan fingerprint density at radius 2 is 1.84 bits per heavy atom. The van der Waals surface area contributed by atoms with E-state index >= 15 is 0 Å². The van der Waals surface area contributed by atoms with Crippen LogP contribution in [0.2, 0.25) is 0 Å². The van der Waals surface area contributed by atoms with E-state index < -0.39 is 0 Å². The number of hydrogen-bond acceptors (Lipinski definition) is 3. The van der Waals surface area contributed by atoms with Gasteiger partial charge in [0.15, 0.2) is 0 Å². The monoisotopic (exact) mass is 257 g/mol. The first-order chi connectivity index (χ1) is 9.13. The average molecular weight is 257 g/mol. The second-order valence-corrected chi connectivity index (χ2v) is 4.55. The Hall–Kier alpha value is -2.00. The number of aromatic hydroxyl groups is 1. The molecular weight excluding hydrogens is 238 g/mol. The van der Waals surface area contributed by atoms with Crippen molar-refractivity contribution >= 4 is 0 Å². The lowest BCUT2D eigenvalue weighted by molar-refractivity contribution is 0.460. The molecule has 2 aromatic carbocycles. The molecule has 0 aromatic heterocycles. The van der Waals surface area contributed by atoms with E-state index in [4.69, 9.17) is 10.5 Å². The van der Waals surface area contributed by atoms with Crippen LogP contribution in [0, 0.1) is 6.92 Å². The van der Waals surface area contributed by atoms with Crippen LogP contribution in [0.3, 0.4) is 0 Å². The van der Waals surface area contributed by atoms with E-state index in [1.165, 1.54) is 0 Å². The van der Waals surface area contributed by atoms with Gasteiger partial charge in [-0.2, -0.15) is 0 Å². The molecule has 0 saturated heterocycles. The molecule has 0 heterocycles. The van der Waals surface area contributed by atoms with Crippen LogP contribution in [0.1, 0.15) is 23.6 Å². The van der Waals surface area contributed by atoms with Crippen LogP contribution in [0.4, 0.5) is 0 Å². The highest BCUT2D eigenvalue weighted by Crippen LogP contribution is 2.31. The first-order valence-electron chi connectivity index (χ1n) is 6.43. The Labute approximate surface area is 113 Å². The molecule has 100 valence electrons. The molecule has 0 unspecified atom stereocenters. The molecule has 0 saturated carbocycles. The van der Waals surface area contributed by atoms with Crippen molar-refractivity contribution in [1.29, 1.82) is 0 Å². The van der Waals surface area contributed by atoms with Gasteiger partial charge in [-0.1, -0.05) is 19.1 Å². The van der Waals surface area contributed by atoms with E-state index in [9.17, 15) is 5.11 Å². The third-order valence-electron chi connectivity index (χ3n) is 3.08. The summed E-state index contributed by atoms with van der Waals surface area (Å²) in [4.78, 5) is 0. The van der Waals surface area contributed by atoms with Gasteiger partial charge >= 0.3 is 0 Å². The highest BCUT2D eigenvalue weighted by Gasteiger charge is 2.09. The van der Waals surface area contributed by atoms with Gasteiger partial charge in [0.05, 0.1) is 0 Å². The number of nitrogens with two attached hydrogens (primary N) is 1. The number of hydrogen-bond donors (Lipinski definition) is 2. The summed E-state index contributed by atoms with van der Waals surface area (Å²) in [5.74, 6) is 1.83. The van der Waals surface area contributed by atoms with E-state index in [-0.39, 0.29) is 5.75 Å². The Morgan fingerprint density at radius 1 is 1.16 bits per heavy atom. The van der Waals surface area contributed by atoms with Crippen LogP contribution < -0.4 is 10.5 Å². The minimum absolute atomic E-state index is 0.235. The maximum Gasteiger partial charge on any atom is 0.133 e. The largest absolute Gasteiger partial charge is 0.508 e. The van der Waals surface area contributed by atoms with Crippen molar-refractivity contribution in [2.24, 2.45) is 5.73 Å². The summed E-state index contributed by atoms with van der Waals surface area (Å²) >= 11 is 0. The lowest BCUT2D eigenvalue weighted by Gasteiger charge is -2.15. The zero-order chi connectivity index (χ0) is 13.8. The number of phenolic OH excluding ortho intramolecular Hbond substituents is 1. The topological polar surface area (TPSA) is 55.5 Å². The average Bonchev–Trinajstić information content (AvgIpc) is 2.43. The van der Waals surface area contributed by atoms with Gasteiger partial charge in [0.2, 0.25) is 0 Å². The lowest BCUT2D eigenvalue weighted by atomic mass is 10.0. The van der Waals surface area contributed by atoms with Gasteiger partial charge in [-0.15, -0.1) is 0 Å². The molecule has 0 aliphatic rings. The Kier molecular flexibility index (Phi) is 4.07. The van der Waals surface area contributed by atoms with Gasteiger partial charge in [-0.25, -0.2) is 0 Å². The zero-order valence-corrected chi connectivity index (χ0v) is 11.3. The molecule has 19 heavy (non-hydrogen) atoms. The summed E-state index contributed by atoms with van der Waals surface area (Å²) in [6, 6.07) is 10.9. The maximum absolute atomic E-state index is 9.28. The summed E-state index contributed by atoms with van der Waals surface area (Å²) in [6.07, 6.45) is 0.891. The quantitative estimate of drug-likeness (QED) is 0.881. The Bertz CT molecular complexity index is 562.